The number of rotatable bonds is 5. The van der Waals surface area contributed by atoms with Crippen LogP contribution in [0.1, 0.15) is 0 Å². The summed E-state index contributed by atoms with van der Waals surface area (Å²) in [7, 11) is 0. The van der Waals surface area contributed by atoms with Crippen LogP contribution in [-0.2, 0) is 4.74 Å². The van der Waals surface area contributed by atoms with Crippen LogP contribution in [0.5, 0.6) is 0 Å². The molecule has 0 saturated carbocycles. The Balaban J connectivity index is 1.94. The van der Waals surface area contributed by atoms with Crippen LogP contribution in [0.3, 0.4) is 0 Å². The molecule has 1 rings (SSSR count). The van der Waals surface area contributed by atoms with Crippen molar-refractivity contribution in [2.75, 3.05) is 45.9 Å². The number of nitrogens with zero attached hydrogens (tertiary/aromatic N) is 1. The maximum absolute atomic E-state index is 5.25. The molecule has 0 atom stereocenters. The number of ether oxygens (including phenoxy) is 1. The highest BCUT2D eigenvalue weighted by Gasteiger charge is 2.08. The first-order valence-corrected chi connectivity index (χ1v) is 4.55. The van der Waals surface area contributed by atoms with E-state index in [9.17, 15) is 0 Å². The molecule has 0 aliphatic carbocycles. The summed E-state index contributed by atoms with van der Waals surface area (Å²) in [5, 5.41) is 3.28. The van der Waals surface area contributed by atoms with Crippen molar-refractivity contribution in [3.8, 4) is 0 Å². The molecule has 0 unspecified atom stereocenters. The van der Waals surface area contributed by atoms with Gasteiger partial charge >= 0.3 is 0 Å². The Bertz CT molecular complexity index is 122. The van der Waals surface area contributed by atoms with Crippen molar-refractivity contribution in [2.45, 2.75) is 0 Å². The van der Waals surface area contributed by atoms with Crippen LogP contribution in [0.25, 0.3) is 0 Å². The molecule has 1 aliphatic heterocycles. The Kier molecular flexibility index (Phi) is 4.99. The van der Waals surface area contributed by atoms with Gasteiger partial charge in [0.25, 0.3) is 0 Å². The highest BCUT2D eigenvalue weighted by Crippen LogP contribution is 1.94. The average molecular weight is 170 g/mol. The first-order chi connectivity index (χ1) is 5.93. The highest BCUT2D eigenvalue weighted by atomic mass is 16.5. The van der Waals surface area contributed by atoms with Gasteiger partial charge in [-0.2, -0.15) is 0 Å². The molecule has 0 aromatic carbocycles. The second-order valence-corrected chi connectivity index (χ2v) is 2.95. The van der Waals surface area contributed by atoms with Crippen molar-refractivity contribution in [1.29, 1.82) is 0 Å². The van der Waals surface area contributed by atoms with E-state index in [-0.39, 0.29) is 0 Å². The van der Waals surface area contributed by atoms with E-state index >= 15 is 0 Å². The van der Waals surface area contributed by atoms with Crippen molar-refractivity contribution in [1.82, 2.24) is 10.2 Å². The van der Waals surface area contributed by atoms with Gasteiger partial charge in [0.05, 0.1) is 13.2 Å². The first-order valence-electron chi connectivity index (χ1n) is 4.55. The lowest BCUT2D eigenvalue weighted by atomic mass is 10.4. The first kappa shape index (κ1) is 9.71. The van der Waals surface area contributed by atoms with Gasteiger partial charge in [0.2, 0.25) is 0 Å². The molecule has 0 spiro atoms. The molecule has 3 nitrogen and oxygen atoms in total. The number of nitrogens with one attached hydrogen (secondary N) is 1. The number of hydrogen-bond donors (Lipinski definition) is 1. The van der Waals surface area contributed by atoms with Crippen molar-refractivity contribution in [3.63, 3.8) is 0 Å². The molecule has 3 heteroatoms. The standard InChI is InChI=1S/C9H18N2O/c1-2-3-10-4-5-11-6-8-12-9-7-11/h2,10H,1,3-9H2. The summed E-state index contributed by atoms with van der Waals surface area (Å²) in [6.45, 7) is 10.7. The fourth-order valence-electron chi connectivity index (χ4n) is 1.27. The Morgan fingerprint density at radius 2 is 2.17 bits per heavy atom. The summed E-state index contributed by atoms with van der Waals surface area (Å²) in [4.78, 5) is 2.42. The molecule has 1 aliphatic rings. The van der Waals surface area contributed by atoms with E-state index in [0.29, 0.717) is 0 Å². The minimum atomic E-state index is 0.890. The van der Waals surface area contributed by atoms with Gasteiger partial charge in [-0.25, -0.2) is 0 Å². The minimum Gasteiger partial charge on any atom is -0.379 e. The van der Waals surface area contributed by atoms with E-state index in [1.54, 1.807) is 0 Å². The monoisotopic (exact) mass is 170 g/mol. The molecule has 1 fully saturated rings. The van der Waals surface area contributed by atoms with E-state index in [4.69, 9.17) is 4.74 Å². The number of morpholine rings is 1. The lowest BCUT2D eigenvalue weighted by molar-refractivity contribution is 0.0385. The predicted octanol–water partition coefficient (Wildman–Crippen LogP) is 0.0942. The molecule has 1 N–H and O–H groups in total. The van der Waals surface area contributed by atoms with Gasteiger partial charge in [0, 0.05) is 32.7 Å². The molecule has 1 heterocycles. The van der Waals surface area contributed by atoms with Crippen molar-refractivity contribution in [3.05, 3.63) is 12.7 Å². The highest BCUT2D eigenvalue weighted by molar-refractivity contribution is 4.70. The van der Waals surface area contributed by atoms with Crippen molar-refractivity contribution < 1.29 is 4.74 Å². The van der Waals surface area contributed by atoms with Crippen LogP contribution >= 0.6 is 0 Å². The zero-order chi connectivity index (χ0) is 8.65. The van der Waals surface area contributed by atoms with Crippen molar-refractivity contribution >= 4 is 0 Å². The average Bonchev–Trinajstić information content (AvgIpc) is 2.14. The Labute approximate surface area is 74.4 Å². The SMILES string of the molecule is C=CCNCCN1CCOCC1. The van der Waals surface area contributed by atoms with Crippen LogP contribution < -0.4 is 5.32 Å². The molecule has 0 radical (unpaired) electrons. The third-order valence-corrected chi connectivity index (χ3v) is 2.00. The predicted molar refractivity (Wildman–Crippen MR) is 50.3 cm³/mol. The fourth-order valence-corrected chi connectivity index (χ4v) is 1.27. The maximum Gasteiger partial charge on any atom is 0.0594 e. The molecular weight excluding hydrogens is 152 g/mol. The lowest BCUT2D eigenvalue weighted by Crippen LogP contribution is -2.40. The summed E-state index contributed by atoms with van der Waals surface area (Å²) in [6.07, 6.45) is 1.89. The van der Waals surface area contributed by atoms with Crippen LogP contribution in [0.2, 0.25) is 0 Å². The van der Waals surface area contributed by atoms with Gasteiger partial charge in [0.1, 0.15) is 0 Å². The molecule has 70 valence electrons. The van der Waals surface area contributed by atoms with Crippen LogP contribution in [0, 0.1) is 0 Å². The smallest absolute Gasteiger partial charge is 0.0594 e. The Hall–Kier alpha value is -0.380. The second kappa shape index (κ2) is 6.17. The summed E-state index contributed by atoms with van der Waals surface area (Å²) in [5.41, 5.74) is 0. The molecule has 12 heavy (non-hydrogen) atoms. The number of hydrogen-bond acceptors (Lipinski definition) is 3. The fraction of sp³-hybridized carbons (Fsp3) is 0.778. The summed E-state index contributed by atoms with van der Waals surface area (Å²) in [6, 6.07) is 0. The Morgan fingerprint density at radius 3 is 2.83 bits per heavy atom. The molecule has 1 saturated heterocycles. The van der Waals surface area contributed by atoms with E-state index in [2.05, 4.69) is 16.8 Å². The summed E-state index contributed by atoms with van der Waals surface area (Å²) < 4.78 is 5.25. The quantitative estimate of drug-likeness (QED) is 0.467. The topological polar surface area (TPSA) is 24.5 Å². The molecule has 0 amide bonds. The van der Waals surface area contributed by atoms with Gasteiger partial charge < -0.3 is 10.1 Å². The van der Waals surface area contributed by atoms with Gasteiger partial charge in [-0.05, 0) is 0 Å². The lowest BCUT2D eigenvalue weighted by Gasteiger charge is -2.26. The third-order valence-electron chi connectivity index (χ3n) is 2.00. The van der Waals surface area contributed by atoms with E-state index < -0.39 is 0 Å². The summed E-state index contributed by atoms with van der Waals surface area (Å²) >= 11 is 0. The van der Waals surface area contributed by atoms with E-state index in [1.807, 2.05) is 6.08 Å². The van der Waals surface area contributed by atoms with Crippen molar-refractivity contribution in [2.24, 2.45) is 0 Å². The van der Waals surface area contributed by atoms with Crippen LogP contribution in [0.15, 0.2) is 12.7 Å². The second-order valence-electron chi connectivity index (χ2n) is 2.95. The molecule has 0 bridgehead atoms. The zero-order valence-corrected chi connectivity index (χ0v) is 7.59. The van der Waals surface area contributed by atoms with E-state index in [0.717, 1.165) is 45.9 Å². The van der Waals surface area contributed by atoms with Gasteiger partial charge in [-0.15, -0.1) is 6.58 Å². The zero-order valence-electron chi connectivity index (χ0n) is 7.59. The molecular formula is C9H18N2O. The Morgan fingerprint density at radius 1 is 1.42 bits per heavy atom. The minimum absolute atomic E-state index is 0.890. The third kappa shape index (κ3) is 3.85. The largest absolute Gasteiger partial charge is 0.379 e. The van der Waals surface area contributed by atoms with E-state index in [1.165, 1.54) is 0 Å². The van der Waals surface area contributed by atoms with Gasteiger partial charge in [-0.3, -0.25) is 4.90 Å². The normalized spacial score (nSPS) is 19.3. The van der Waals surface area contributed by atoms with Gasteiger partial charge in [-0.1, -0.05) is 6.08 Å². The maximum atomic E-state index is 5.25. The molecule has 0 aromatic rings. The van der Waals surface area contributed by atoms with Crippen LogP contribution in [-0.4, -0.2) is 50.8 Å². The molecule has 0 aromatic heterocycles. The van der Waals surface area contributed by atoms with Crippen LogP contribution in [0.4, 0.5) is 0 Å². The van der Waals surface area contributed by atoms with Gasteiger partial charge in [0.15, 0.2) is 0 Å². The summed E-state index contributed by atoms with van der Waals surface area (Å²) in [5.74, 6) is 0.